The monoisotopic (exact) mass is 459 g/mol. The number of aromatic nitrogens is 1. The fraction of sp³-hybridized carbons (Fsp3) is 0.720. The molecule has 1 aromatic rings. The lowest BCUT2D eigenvalue weighted by Gasteiger charge is -2.35. The van der Waals surface area contributed by atoms with Gasteiger partial charge < -0.3 is 25.2 Å². The summed E-state index contributed by atoms with van der Waals surface area (Å²) in [5.41, 5.74) is 2.46. The number of alkyl carbamates (subject to hydrolysis) is 1. The molecule has 1 amide bonds. The summed E-state index contributed by atoms with van der Waals surface area (Å²) >= 11 is 0. The van der Waals surface area contributed by atoms with Crippen LogP contribution in [0.25, 0.3) is 0 Å². The molecule has 0 aromatic carbocycles. The molecule has 182 valence electrons. The molecule has 0 radical (unpaired) electrons. The number of anilines is 1. The van der Waals surface area contributed by atoms with Gasteiger partial charge in [-0.2, -0.15) is 0 Å². The van der Waals surface area contributed by atoms with Crippen LogP contribution in [0.1, 0.15) is 75.5 Å². The molecule has 1 aromatic heterocycles. The van der Waals surface area contributed by atoms with Gasteiger partial charge in [-0.3, -0.25) is 0 Å². The smallest absolute Gasteiger partial charge is 0.408 e. The van der Waals surface area contributed by atoms with Crippen molar-refractivity contribution < 1.29 is 24.2 Å². The second-order valence-corrected chi connectivity index (χ2v) is 9.70. The third-order valence-electron chi connectivity index (χ3n) is 7.13. The Balaban J connectivity index is 1.10. The highest BCUT2D eigenvalue weighted by atomic mass is 16.6. The molecule has 0 saturated heterocycles. The average molecular weight is 460 g/mol. The number of aliphatic carboxylic acids is 1. The molecule has 3 aliphatic rings. The van der Waals surface area contributed by atoms with E-state index >= 15 is 0 Å². The van der Waals surface area contributed by atoms with Gasteiger partial charge in [0.25, 0.3) is 0 Å². The molecular formula is C25H37N3O5. The molecule has 8 heteroatoms. The van der Waals surface area contributed by atoms with Crippen molar-refractivity contribution in [3.8, 4) is 0 Å². The van der Waals surface area contributed by atoms with Gasteiger partial charge in [0, 0.05) is 25.3 Å². The standard InChI is InChI=1S/C25H37N3O5/c29-24(30)22(28-25(31)33-20-6-2-1-3-7-20)12-14-32-21-15-17(16-21)8-10-19-11-9-18-5-4-13-26-23(18)27-19/h9,11,17,20-22H,1-8,10,12-16H2,(H,26,27)(H,28,31)(H,29,30)/t17?,21?,22-/m0/s1. The Labute approximate surface area is 195 Å². The summed E-state index contributed by atoms with van der Waals surface area (Å²) in [7, 11) is 0. The highest BCUT2D eigenvalue weighted by Gasteiger charge is 2.30. The molecule has 0 unspecified atom stereocenters. The zero-order chi connectivity index (χ0) is 23.0. The van der Waals surface area contributed by atoms with Crippen molar-refractivity contribution in [3.63, 3.8) is 0 Å². The van der Waals surface area contributed by atoms with Gasteiger partial charge in [0.2, 0.25) is 0 Å². The molecule has 4 rings (SSSR count). The van der Waals surface area contributed by atoms with Crippen LogP contribution in [0.3, 0.4) is 0 Å². The van der Waals surface area contributed by atoms with Crippen molar-refractivity contribution >= 4 is 17.9 Å². The SMILES string of the molecule is O=C(N[C@@H](CCOC1CC(CCc2ccc3c(n2)NCCC3)C1)C(=O)O)OC1CCCCC1. The maximum absolute atomic E-state index is 12.1. The van der Waals surface area contributed by atoms with Crippen LogP contribution in [0, 0.1) is 5.92 Å². The summed E-state index contributed by atoms with van der Waals surface area (Å²) in [6, 6.07) is 3.37. The second-order valence-electron chi connectivity index (χ2n) is 9.70. The predicted octanol–water partition coefficient (Wildman–Crippen LogP) is 4.07. The first-order chi connectivity index (χ1) is 16.1. The van der Waals surface area contributed by atoms with E-state index in [1.165, 1.54) is 18.4 Å². The van der Waals surface area contributed by atoms with Crippen molar-refractivity contribution in [1.29, 1.82) is 0 Å². The van der Waals surface area contributed by atoms with Gasteiger partial charge in [-0.05, 0) is 81.8 Å². The summed E-state index contributed by atoms with van der Waals surface area (Å²) in [6.45, 7) is 1.32. The largest absolute Gasteiger partial charge is 0.480 e. The van der Waals surface area contributed by atoms with Crippen LogP contribution in [0.5, 0.6) is 0 Å². The molecule has 2 saturated carbocycles. The van der Waals surface area contributed by atoms with Crippen molar-refractivity contribution in [2.45, 2.75) is 95.3 Å². The van der Waals surface area contributed by atoms with Gasteiger partial charge in [0.15, 0.2) is 0 Å². The molecule has 33 heavy (non-hydrogen) atoms. The quantitative estimate of drug-likeness (QED) is 0.484. The van der Waals surface area contributed by atoms with E-state index < -0.39 is 18.1 Å². The Morgan fingerprint density at radius 1 is 1.15 bits per heavy atom. The molecular weight excluding hydrogens is 422 g/mol. The number of carboxylic acid groups (broad SMARTS) is 1. The van der Waals surface area contributed by atoms with Gasteiger partial charge in [-0.25, -0.2) is 14.6 Å². The van der Waals surface area contributed by atoms with Crippen molar-refractivity contribution in [2.75, 3.05) is 18.5 Å². The van der Waals surface area contributed by atoms with E-state index in [0.717, 1.165) is 75.8 Å². The topological polar surface area (TPSA) is 110 Å². The number of pyridine rings is 1. The lowest BCUT2D eigenvalue weighted by atomic mass is 9.79. The molecule has 2 aliphatic carbocycles. The second kappa shape index (κ2) is 11.7. The number of aryl methyl sites for hydroxylation is 2. The molecule has 0 bridgehead atoms. The van der Waals surface area contributed by atoms with Crippen molar-refractivity contribution in [1.82, 2.24) is 10.3 Å². The van der Waals surface area contributed by atoms with Crippen LogP contribution >= 0.6 is 0 Å². The zero-order valence-corrected chi connectivity index (χ0v) is 19.4. The number of hydrogen-bond acceptors (Lipinski definition) is 6. The van der Waals surface area contributed by atoms with Gasteiger partial charge in [0.05, 0.1) is 6.10 Å². The number of amides is 1. The summed E-state index contributed by atoms with van der Waals surface area (Å²) in [5, 5.41) is 15.3. The summed E-state index contributed by atoms with van der Waals surface area (Å²) in [6.07, 6.45) is 11.0. The van der Waals surface area contributed by atoms with E-state index in [-0.39, 0.29) is 18.6 Å². The number of carbonyl (C=O) groups excluding carboxylic acids is 1. The number of fused-ring (bicyclic) bond motifs is 1. The molecule has 8 nitrogen and oxygen atoms in total. The zero-order valence-electron chi connectivity index (χ0n) is 19.4. The Kier molecular flexibility index (Phi) is 8.42. The fourth-order valence-electron chi connectivity index (χ4n) is 5.03. The van der Waals surface area contributed by atoms with E-state index in [1.807, 2.05) is 0 Å². The molecule has 2 fully saturated rings. The van der Waals surface area contributed by atoms with E-state index in [9.17, 15) is 14.7 Å². The van der Waals surface area contributed by atoms with Crippen molar-refractivity contribution in [3.05, 3.63) is 23.4 Å². The van der Waals surface area contributed by atoms with Crippen LogP contribution in [0.15, 0.2) is 12.1 Å². The highest BCUT2D eigenvalue weighted by Crippen LogP contribution is 2.34. The van der Waals surface area contributed by atoms with E-state index in [0.29, 0.717) is 12.5 Å². The van der Waals surface area contributed by atoms with Crippen LogP contribution in [-0.4, -0.2) is 53.6 Å². The maximum atomic E-state index is 12.1. The number of ether oxygens (including phenoxy) is 2. The van der Waals surface area contributed by atoms with Crippen LogP contribution in [0.4, 0.5) is 10.6 Å². The Hall–Kier alpha value is -2.35. The first kappa shape index (κ1) is 23.8. The molecule has 1 atom stereocenters. The van der Waals surface area contributed by atoms with Gasteiger partial charge >= 0.3 is 12.1 Å². The Morgan fingerprint density at radius 3 is 2.76 bits per heavy atom. The van der Waals surface area contributed by atoms with Gasteiger partial charge in [-0.15, -0.1) is 0 Å². The van der Waals surface area contributed by atoms with Crippen LogP contribution in [0.2, 0.25) is 0 Å². The average Bonchev–Trinajstić information content (AvgIpc) is 2.79. The third kappa shape index (κ3) is 7.06. The fourth-order valence-corrected chi connectivity index (χ4v) is 5.03. The summed E-state index contributed by atoms with van der Waals surface area (Å²) < 4.78 is 11.2. The number of hydrogen-bond donors (Lipinski definition) is 3. The van der Waals surface area contributed by atoms with Gasteiger partial charge in [-0.1, -0.05) is 12.5 Å². The maximum Gasteiger partial charge on any atom is 0.408 e. The third-order valence-corrected chi connectivity index (χ3v) is 7.13. The van der Waals surface area contributed by atoms with E-state index in [1.54, 1.807) is 0 Å². The first-order valence-corrected chi connectivity index (χ1v) is 12.6. The van der Waals surface area contributed by atoms with Crippen LogP contribution < -0.4 is 10.6 Å². The summed E-state index contributed by atoms with van der Waals surface area (Å²) in [4.78, 5) is 28.3. The Bertz CT molecular complexity index is 805. The number of nitrogens with zero attached hydrogens (tertiary/aromatic N) is 1. The first-order valence-electron chi connectivity index (χ1n) is 12.6. The molecule has 0 spiro atoms. The lowest BCUT2D eigenvalue weighted by Crippen LogP contribution is -2.43. The van der Waals surface area contributed by atoms with E-state index in [2.05, 4.69) is 22.8 Å². The van der Waals surface area contributed by atoms with Gasteiger partial charge in [0.1, 0.15) is 18.0 Å². The minimum atomic E-state index is -1.06. The van der Waals surface area contributed by atoms with Crippen LogP contribution in [-0.2, 0) is 27.1 Å². The predicted molar refractivity (Wildman–Crippen MR) is 124 cm³/mol. The molecule has 1 aliphatic heterocycles. The van der Waals surface area contributed by atoms with E-state index in [4.69, 9.17) is 14.5 Å². The summed E-state index contributed by atoms with van der Waals surface area (Å²) in [5.74, 6) is 0.621. The normalized spacial score (nSPS) is 23.5. The molecule has 3 N–H and O–H groups in total. The minimum Gasteiger partial charge on any atom is -0.480 e. The van der Waals surface area contributed by atoms with Crippen molar-refractivity contribution in [2.24, 2.45) is 5.92 Å². The number of carboxylic acids is 1. The number of rotatable bonds is 10. The lowest BCUT2D eigenvalue weighted by molar-refractivity contribution is -0.140. The molecule has 2 heterocycles. The number of carbonyl (C=O) groups is 2. The number of nitrogens with one attached hydrogen (secondary N) is 2. The Morgan fingerprint density at radius 2 is 1.97 bits per heavy atom. The highest BCUT2D eigenvalue weighted by molar-refractivity contribution is 5.79. The minimum absolute atomic E-state index is 0.0934.